The molecule has 1 saturated heterocycles. The average Bonchev–Trinajstić information content (AvgIpc) is 3.27. The molecule has 1 aliphatic carbocycles. The van der Waals surface area contributed by atoms with Gasteiger partial charge in [-0.2, -0.15) is 5.26 Å². The predicted molar refractivity (Wildman–Crippen MR) is 113 cm³/mol. The molecular formula is C22H24N2O6S. The maximum atomic E-state index is 10.7. The van der Waals surface area contributed by atoms with E-state index in [9.17, 15) is 25.7 Å². The van der Waals surface area contributed by atoms with Crippen LogP contribution in [0.25, 0.3) is 11.1 Å². The lowest BCUT2D eigenvalue weighted by atomic mass is 9.93. The molecule has 0 spiro atoms. The lowest BCUT2D eigenvalue weighted by Gasteiger charge is -2.41. The highest BCUT2D eigenvalue weighted by Gasteiger charge is 2.45. The molecule has 1 fully saturated rings. The van der Waals surface area contributed by atoms with E-state index in [-0.39, 0.29) is 10.2 Å². The summed E-state index contributed by atoms with van der Waals surface area (Å²) in [5, 5.41) is 50.6. The Balaban J connectivity index is 1.91. The van der Waals surface area contributed by atoms with Gasteiger partial charge in [0.2, 0.25) is 0 Å². The van der Waals surface area contributed by atoms with Crippen molar-refractivity contribution in [2.24, 2.45) is 0 Å². The Labute approximate surface area is 184 Å². The molecule has 2 aromatic rings. The molecule has 0 saturated carbocycles. The Morgan fingerprint density at radius 1 is 1.16 bits per heavy atom. The molecule has 0 unspecified atom stereocenters. The average molecular weight is 445 g/mol. The fourth-order valence-corrected chi connectivity index (χ4v) is 4.87. The van der Waals surface area contributed by atoms with Crippen LogP contribution in [0.2, 0.25) is 0 Å². The maximum Gasteiger partial charge on any atom is 0.164 e. The Morgan fingerprint density at radius 2 is 1.87 bits per heavy atom. The summed E-state index contributed by atoms with van der Waals surface area (Å²) in [5.74, 6) is 0.699. The molecule has 4 rings (SSSR count). The minimum Gasteiger partial charge on any atom is -0.497 e. The van der Waals surface area contributed by atoms with Crippen LogP contribution >= 0.6 is 12.2 Å². The van der Waals surface area contributed by atoms with E-state index in [1.165, 1.54) is 0 Å². The van der Waals surface area contributed by atoms with Gasteiger partial charge in [0.05, 0.1) is 19.3 Å². The zero-order valence-electron chi connectivity index (χ0n) is 16.9. The van der Waals surface area contributed by atoms with Gasteiger partial charge >= 0.3 is 0 Å². The van der Waals surface area contributed by atoms with Gasteiger partial charge in [-0.1, -0.05) is 24.4 Å². The Hall–Kier alpha value is -2.32. The highest BCUT2D eigenvalue weighted by atomic mass is 32.1. The van der Waals surface area contributed by atoms with Crippen LogP contribution in [0.5, 0.6) is 5.75 Å². The van der Waals surface area contributed by atoms with Crippen LogP contribution in [0.1, 0.15) is 29.5 Å². The normalized spacial score (nSPS) is 27.5. The fraction of sp³-hybridized carbons (Fsp3) is 0.455. The number of benzene rings is 1. The maximum absolute atomic E-state index is 10.7. The first-order valence-electron chi connectivity index (χ1n) is 10.1. The number of rotatable bonds is 4. The molecule has 0 amide bonds. The van der Waals surface area contributed by atoms with Crippen LogP contribution < -0.4 is 4.74 Å². The van der Waals surface area contributed by atoms with Crippen molar-refractivity contribution in [3.05, 3.63) is 45.7 Å². The van der Waals surface area contributed by atoms with Crippen molar-refractivity contribution < 1.29 is 29.9 Å². The van der Waals surface area contributed by atoms with Gasteiger partial charge in [0.25, 0.3) is 0 Å². The third-order valence-electron chi connectivity index (χ3n) is 6.08. The largest absolute Gasteiger partial charge is 0.497 e. The van der Waals surface area contributed by atoms with Crippen molar-refractivity contribution in [3.63, 3.8) is 0 Å². The van der Waals surface area contributed by atoms with Crippen molar-refractivity contribution in [2.75, 3.05) is 13.7 Å². The summed E-state index contributed by atoms with van der Waals surface area (Å²) in [5.41, 5.74) is 3.62. The van der Waals surface area contributed by atoms with E-state index < -0.39 is 37.3 Å². The molecule has 164 valence electrons. The van der Waals surface area contributed by atoms with Gasteiger partial charge in [-0.05, 0) is 42.5 Å². The van der Waals surface area contributed by atoms with Crippen molar-refractivity contribution in [1.82, 2.24) is 4.57 Å². The van der Waals surface area contributed by atoms with E-state index in [1.807, 2.05) is 24.3 Å². The lowest BCUT2D eigenvalue weighted by molar-refractivity contribution is -0.252. The van der Waals surface area contributed by atoms with Gasteiger partial charge in [-0.15, -0.1) is 0 Å². The summed E-state index contributed by atoms with van der Waals surface area (Å²) in [4.78, 5) is 0. The standard InChI is InChI=1S/C22H24N2O6S/c1-29-12-7-5-11(6-8-12)17-13-3-2-4-15(13)24(22(31)14(17)9-23)21-20(28)19(27)18(26)16(10-25)30-21/h5-8,16,18-21,25-28H,2-4,10H2,1H3/t16-,18+,19+,20+,21+/m0/s1. The van der Waals surface area contributed by atoms with Gasteiger partial charge in [0.1, 0.15) is 40.9 Å². The molecule has 2 heterocycles. The van der Waals surface area contributed by atoms with Crippen molar-refractivity contribution in [2.45, 2.75) is 49.9 Å². The van der Waals surface area contributed by atoms with Crippen LogP contribution in [0, 0.1) is 16.0 Å². The minimum atomic E-state index is -1.53. The molecule has 0 radical (unpaired) electrons. The second kappa shape index (κ2) is 8.67. The van der Waals surface area contributed by atoms with E-state index in [2.05, 4.69) is 6.07 Å². The second-order valence-electron chi connectivity index (χ2n) is 7.76. The van der Waals surface area contributed by atoms with Crippen molar-refractivity contribution in [3.8, 4) is 22.9 Å². The first kappa shape index (κ1) is 21.9. The number of methoxy groups -OCH3 is 1. The van der Waals surface area contributed by atoms with E-state index in [1.54, 1.807) is 11.7 Å². The Kier molecular flexibility index (Phi) is 6.12. The molecule has 1 aromatic carbocycles. The monoisotopic (exact) mass is 444 g/mol. The van der Waals surface area contributed by atoms with E-state index in [0.717, 1.165) is 35.2 Å². The molecule has 31 heavy (non-hydrogen) atoms. The van der Waals surface area contributed by atoms with Crippen LogP contribution in [0.15, 0.2) is 24.3 Å². The fourth-order valence-electron chi connectivity index (χ4n) is 4.51. The quantitative estimate of drug-likeness (QED) is 0.519. The highest BCUT2D eigenvalue weighted by molar-refractivity contribution is 7.71. The van der Waals surface area contributed by atoms with Gasteiger partial charge in [0, 0.05) is 11.3 Å². The van der Waals surface area contributed by atoms with Crippen LogP contribution in [-0.4, -0.2) is 63.1 Å². The van der Waals surface area contributed by atoms with Crippen LogP contribution in [-0.2, 0) is 17.6 Å². The number of ether oxygens (including phenoxy) is 2. The molecule has 1 aliphatic heterocycles. The number of aliphatic hydroxyl groups excluding tert-OH is 4. The first-order chi connectivity index (χ1) is 14.9. The van der Waals surface area contributed by atoms with Gasteiger partial charge < -0.3 is 34.5 Å². The smallest absolute Gasteiger partial charge is 0.164 e. The third kappa shape index (κ3) is 3.55. The summed E-state index contributed by atoms with van der Waals surface area (Å²) in [6, 6.07) is 9.59. The summed E-state index contributed by atoms with van der Waals surface area (Å²) < 4.78 is 12.7. The molecule has 1 aromatic heterocycles. The molecule has 0 bridgehead atoms. The number of hydrogen-bond donors (Lipinski definition) is 4. The number of fused-ring (bicyclic) bond motifs is 1. The predicted octanol–water partition coefficient (Wildman–Crippen LogP) is 1.23. The first-order valence-corrected chi connectivity index (χ1v) is 10.5. The van der Waals surface area contributed by atoms with Gasteiger partial charge in [-0.25, -0.2) is 0 Å². The summed E-state index contributed by atoms with van der Waals surface area (Å²) in [7, 11) is 1.58. The lowest BCUT2D eigenvalue weighted by Crippen LogP contribution is -2.56. The van der Waals surface area contributed by atoms with Crippen LogP contribution in [0.4, 0.5) is 0 Å². The van der Waals surface area contributed by atoms with Gasteiger partial charge in [0.15, 0.2) is 6.23 Å². The second-order valence-corrected chi connectivity index (χ2v) is 8.15. The minimum absolute atomic E-state index is 0.179. The topological polar surface area (TPSA) is 128 Å². The van der Waals surface area contributed by atoms with E-state index in [4.69, 9.17) is 21.7 Å². The number of nitriles is 1. The molecule has 4 N–H and O–H groups in total. The van der Waals surface area contributed by atoms with Gasteiger partial charge in [-0.3, -0.25) is 0 Å². The summed E-state index contributed by atoms with van der Waals surface area (Å²) in [6.45, 7) is -0.536. The Morgan fingerprint density at radius 3 is 2.48 bits per heavy atom. The zero-order valence-corrected chi connectivity index (χ0v) is 17.7. The SMILES string of the molecule is COc1ccc(-c2c3c(n([C@@H]4O[C@@H](CO)[C@@H](O)[C@@H](O)[C@H]4O)c(=S)c2C#N)CCC3)cc1. The molecule has 8 nitrogen and oxygen atoms in total. The van der Waals surface area contributed by atoms with Crippen molar-refractivity contribution in [1.29, 1.82) is 5.26 Å². The molecule has 5 atom stereocenters. The molecule has 2 aliphatic rings. The number of hydrogen-bond acceptors (Lipinski definition) is 8. The van der Waals surface area contributed by atoms with E-state index in [0.29, 0.717) is 12.2 Å². The zero-order chi connectivity index (χ0) is 22.3. The number of nitrogens with zero attached hydrogens (tertiary/aromatic N) is 2. The number of aromatic nitrogens is 1. The third-order valence-corrected chi connectivity index (χ3v) is 6.48. The summed E-state index contributed by atoms with van der Waals surface area (Å²) >= 11 is 5.66. The molecule has 9 heteroatoms. The Bertz CT molecular complexity index is 1080. The van der Waals surface area contributed by atoms with Crippen molar-refractivity contribution >= 4 is 12.2 Å². The summed E-state index contributed by atoms with van der Waals surface area (Å²) in [6.07, 6.45) is -4.45. The number of pyridine rings is 1. The van der Waals surface area contributed by atoms with E-state index >= 15 is 0 Å². The number of aliphatic hydroxyl groups is 4. The molecular weight excluding hydrogens is 420 g/mol. The highest BCUT2D eigenvalue weighted by Crippen LogP contribution is 2.40. The van der Waals surface area contributed by atoms with Crippen LogP contribution in [0.3, 0.4) is 0 Å².